The molecule has 2 rings (SSSR count). The summed E-state index contributed by atoms with van der Waals surface area (Å²) in [6.07, 6.45) is 1.84. The summed E-state index contributed by atoms with van der Waals surface area (Å²) in [5.41, 5.74) is 7.34. The van der Waals surface area contributed by atoms with Gasteiger partial charge in [-0.3, -0.25) is 4.21 Å². The van der Waals surface area contributed by atoms with Crippen LogP contribution < -0.4 is 5.73 Å². The molecule has 2 aromatic rings. The number of rotatable bonds is 4. The average Bonchev–Trinajstić information content (AvgIpc) is 2.73. The van der Waals surface area contributed by atoms with Gasteiger partial charge < -0.3 is 5.73 Å². The van der Waals surface area contributed by atoms with Crippen LogP contribution in [0.5, 0.6) is 0 Å². The molecule has 0 aliphatic rings. The van der Waals surface area contributed by atoms with Crippen molar-refractivity contribution in [1.82, 2.24) is 4.98 Å². The number of hydrogen-bond donors (Lipinski definition) is 1. The lowest BCUT2D eigenvalue weighted by molar-refractivity contribution is 0.657. The molecule has 0 fully saturated rings. The quantitative estimate of drug-likeness (QED) is 0.866. The normalized spacial score (nSPS) is 13.4. The Morgan fingerprint density at radius 3 is 2.76 bits per heavy atom. The third-order valence-electron chi connectivity index (χ3n) is 2.78. The predicted octanol–water partition coefficient (Wildman–Crippen LogP) is 3.17. The lowest BCUT2D eigenvalue weighted by Gasteiger charge is -2.08. The Morgan fingerprint density at radius 1 is 1.41 bits per heavy atom. The molecule has 92 valence electrons. The van der Waals surface area contributed by atoms with Crippen LogP contribution in [0, 0.1) is 0 Å². The zero-order valence-electron chi connectivity index (χ0n) is 9.97. The van der Waals surface area contributed by atoms with Crippen LogP contribution in [0.4, 0.5) is 5.69 Å². The summed E-state index contributed by atoms with van der Waals surface area (Å²) in [4.78, 5) is 4.43. The zero-order chi connectivity index (χ0) is 12.4. The van der Waals surface area contributed by atoms with Gasteiger partial charge in [0, 0.05) is 10.9 Å². The lowest BCUT2D eigenvalue weighted by Crippen LogP contribution is -2.12. The molecule has 1 heterocycles. The van der Waals surface area contributed by atoms with E-state index in [2.05, 4.69) is 18.8 Å². The molecule has 1 aromatic heterocycles. The summed E-state index contributed by atoms with van der Waals surface area (Å²) in [5.74, 6) is 0. The van der Waals surface area contributed by atoms with Crippen LogP contribution in [0.15, 0.2) is 22.5 Å². The van der Waals surface area contributed by atoms with Gasteiger partial charge in [0.25, 0.3) is 0 Å². The van der Waals surface area contributed by atoms with Crippen LogP contribution in [-0.2, 0) is 10.8 Å². The maximum atomic E-state index is 12.3. The van der Waals surface area contributed by atoms with Gasteiger partial charge in [-0.25, -0.2) is 4.98 Å². The van der Waals surface area contributed by atoms with Gasteiger partial charge in [-0.15, -0.1) is 11.3 Å². The van der Waals surface area contributed by atoms with E-state index >= 15 is 0 Å². The minimum absolute atomic E-state index is 0.202. The first kappa shape index (κ1) is 12.5. The second-order valence-electron chi connectivity index (χ2n) is 3.94. The van der Waals surface area contributed by atoms with Crippen molar-refractivity contribution in [2.75, 3.05) is 5.73 Å². The summed E-state index contributed by atoms with van der Waals surface area (Å²) < 4.78 is 14.0. The van der Waals surface area contributed by atoms with Crippen molar-refractivity contribution in [2.24, 2.45) is 0 Å². The van der Waals surface area contributed by atoms with Gasteiger partial charge in [-0.1, -0.05) is 13.8 Å². The monoisotopic (exact) mass is 268 g/mol. The fourth-order valence-electron chi connectivity index (χ4n) is 1.74. The van der Waals surface area contributed by atoms with E-state index in [1.54, 1.807) is 0 Å². The summed E-state index contributed by atoms with van der Waals surface area (Å²) in [6, 6.07) is 5.60. The minimum atomic E-state index is -0.994. The van der Waals surface area contributed by atoms with Crippen molar-refractivity contribution in [3.63, 3.8) is 0 Å². The lowest BCUT2D eigenvalue weighted by atomic mass is 10.3. The van der Waals surface area contributed by atoms with Gasteiger partial charge in [0.1, 0.15) is 0 Å². The number of nitrogens with zero attached hydrogens (tertiary/aromatic N) is 1. The van der Waals surface area contributed by atoms with Crippen LogP contribution in [0.3, 0.4) is 0 Å². The summed E-state index contributed by atoms with van der Waals surface area (Å²) >= 11 is 1.49. The Labute approximate surface area is 108 Å². The molecule has 17 heavy (non-hydrogen) atoms. The van der Waals surface area contributed by atoms with Crippen molar-refractivity contribution in [3.8, 4) is 0 Å². The molecule has 5 heteroatoms. The van der Waals surface area contributed by atoms with Crippen molar-refractivity contribution < 1.29 is 4.21 Å². The van der Waals surface area contributed by atoms with Gasteiger partial charge >= 0.3 is 0 Å². The standard InChI is InChI=1S/C12H16N2OS2/c1-3-9(4-2)17(15)12-14-10-6-5-8(13)7-11(10)16-12/h5-7,9H,3-4,13H2,1-2H3. The Balaban J connectivity index is 2.39. The highest BCUT2D eigenvalue weighted by molar-refractivity contribution is 7.88. The molecule has 0 saturated carbocycles. The first-order chi connectivity index (χ1) is 8.15. The second kappa shape index (κ2) is 5.14. The van der Waals surface area contributed by atoms with E-state index in [1.807, 2.05) is 18.2 Å². The van der Waals surface area contributed by atoms with Gasteiger partial charge in [0.2, 0.25) is 0 Å². The molecule has 0 spiro atoms. The Hall–Kier alpha value is -0.940. The zero-order valence-corrected chi connectivity index (χ0v) is 11.6. The van der Waals surface area contributed by atoms with Gasteiger partial charge in [-0.2, -0.15) is 0 Å². The van der Waals surface area contributed by atoms with E-state index in [0.29, 0.717) is 0 Å². The average molecular weight is 268 g/mol. The first-order valence-electron chi connectivity index (χ1n) is 5.72. The topological polar surface area (TPSA) is 56.0 Å². The summed E-state index contributed by atoms with van der Waals surface area (Å²) in [7, 11) is -0.994. The van der Waals surface area contributed by atoms with Gasteiger partial charge in [0.15, 0.2) is 4.34 Å². The maximum absolute atomic E-state index is 12.3. The highest BCUT2D eigenvalue weighted by Gasteiger charge is 2.18. The number of fused-ring (bicyclic) bond motifs is 1. The maximum Gasteiger partial charge on any atom is 0.182 e. The number of anilines is 1. The molecule has 2 N–H and O–H groups in total. The van der Waals surface area contributed by atoms with Gasteiger partial charge in [-0.05, 0) is 31.0 Å². The van der Waals surface area contributed by atoms with Crippen LogP contribution in [0.25, 0.3) is 10.2 Å². The number of nitrogen functional groups attached to an aromatic ring is 1. The van der Waals surface area contributed by atoms with E-state index < -0.39 is 10.8 Å². The fourth-order valence-corrected chi connectivity index (χ4v) is 4.57. The third kappa shape index (κ3) is 2.50. The van der Waals surface area contributed by atoms with Crippen LogP contribution in [-0.4, -0.2) is 14.4 Å². The molecule has 3 nitrogen and oxygen atoms in total. The predicted molar refractivity (Wildman–Crippen MR) is 74.8 cm³/mol. The van der Waals surface area contributed by atoms with E-state index in [4.69, 9.17) is 5.73 Å². The molecule has 1 aromatic carbocycles. The number of nitrogens with two attached hydrogens (primary N) is 1. The van der Waals surface area contributed by atoms with E-state index in [0.717, 1.165) is 33.1 Å². The van der Waals surface area contributed by atoms with Crippen LogP contribution >= 0.6 is 11.3 Å². The minimum Gasteiger partial charge on any atom is -0.399 e. The number of aromatic nitrogens is 1. The van der Waals surface area contributed by atoms with Crippen LogP contribution in [0.1, 0.15) is 26.7 Å². The Kier molecular flexibility index (Phi) is 3.79. The molecule has 1 atom stereocenters. The molecule has 0 aliphatic heterocycles. The van der Waals surface area contributed by atoms with Crippen molar-refractivity contribution in [1.29, 1.82) is 0 Å². The SMILES string of the molecule is CCC(CC)S(=O)c1nc2ccc(N)cc2s1. The Bertz CT molecular complexity index is 546. The number of hydrogen-bond acceptors (Lipinski definition) is 4. The third-order valence-corrected chi connectivity index (χ3v) is 6.04. The smallest absolute Gasteiger partial charge is 0.182 e. The highest BCUT2D eigenvalue weighted by atomic mass is 32.2. The summed E-state index contributed by atoms with van der Waals surface area (Å²) in [6.45, 7) is 4.13. The molecule has 0 aliphatic carbocycles. The fraction of sp³-hybridized carbons (Fsp3) is 0.417. The van der Waals surface area contributed by atoms with Crippen LogP contribution in [0.2, 0.25) is 0 Å². The van der Waals surface area contributed by atoms with Gasteiger partial charge in [0.05, 0.1) is 21.0 Å². The van der Waals surface area contributed by atoms with E-state index in [9.17, 15) is 4.21 Å². The van der Waals surface area contributed by atoms with E-state index in [-0.39, 0.29) is 5.25 Å². The number of thiazole rings is 1. The second-order valence-corrected chi connectivity index (χ2v) is 6.88. The summed E-state index contributed by atoms with van der Waals surface area (Å²) in [5, 5.41) is 0.202. The van der Waals surface area contributed by atoms with E-state index in [1.165, 1.54) is 11.3 Å². The Morgan fingerprint density at radius 2 is 2.12 bits per heavy atom. The molecule has 1 unspecified atom stereocenters. The largest absolute Gasteiger partial charge is 0.399 e. The van der Waals surface area contributed by atoms with Crippen molar-refractivity contribution in [3.05, 3.63) is 18.2 Å². The van der Waals surface area contributed by atoms with Crippen molar-refractivity contribution >= 4 is 38.0 Å². The highest BCUT2D eigenvalue weighted by Crippen LogP contribution is 2.28. The molecular weight excluding hydrogens is 252 g/mol. The molecule has 0 radical (unpaired) electrons. The number of benzene rings is 1. The first-order valence-corrected chi connectivity index (χ1v) is 7.75. The molecule has 0 amide bonds. The molecular formula is C12H16N2OS2. The molecule has 0 bridgehead atoms. The van der Waals surface area contributed by atoms with Crippen molar-refractivity contribution in [2.45, 2.75) is 36.3 Å². The molecule has 0 saturated heterocycles.